The second-order valence-corrected chi connectivity index (χ2v) is 5.11. The molecule has 110 valence electrons. The van der Waals surface area contributed by atoms with E-state index in [0.717, 1.165) is 26.2 Å². The molecule has 2 aliphatic heterocycles. The molecule has 0 radical (unpaired) electrons. The number of ether oxygens (including phenoxy) is 1. The van der Waals surface area contributed by atoms with Gasteiger partial charge in [0, 0.05) is 52.4 Å². The van der Waals surface area contributed by atoms with Crippen molar-refractivity contribution < 1.29 is 4.74 Å². The summed E-state index contributed by atoms with van der Waals surface area (Å²) >= 11 is 0. The van der Waals surface area contributed by atoms with Crippen molar-refractivity contribution in [1.82, 2.24) is 15.1 Å². The van der Waals surface area contributed by atoms with Crippen LogP contribution in [0.25, 0.3) is 0 Å². The molecule has 2 saturated heterocycles. The van der Waals surface area contributed by atoms with E-state index in [1.807, 2.05) is 0 Å². The predicted molar refractivity (Wildman–Crippen MR) is 80.3 cm³/mol. The minimum absolute atomic E-state index is 0. The number of hydrogen-bond donors (Lipinski definition) is 1. The summed E-state index contributed by atoms with van der Waals surface area (Å²) in [4.78, 5) is 5.10. The van der Waals surface area contributed by atoms with Gasteiger partial charge in [-0.25, -0.2) is 0 Å². The van der Waals surface area contributed by atoms with Gasteiger partial charge in [0.15, 0.2) is 0 Å². The van der Waals surface area contributed by atoms with E-state index in [9.17, 15) is 0 Å². The van der Waals surface area contributed by atoms with Crippen LogP contribution < -0.4 is 5.32 Å². The van der Waals surface area contributed by atoms with Crippen LogP contribution in [0.1, 0.15) is 13.8 Å². The third-order valence-electron chi connectivity index (χ3n) is 3.44. The Hall–Kier alpha value is 0.420. The van der Waals surface area contributed by atoms with Crippen molar-refractivity contribution in [1.29, 1.82) is 0 Å². The van der Waals surface area contributed by atoms with Gasteiger partial charge in [0.1, 0.15) is 0 Å². The SMILES string of the molecule is C[C@@H]1CN(CCN2CCNCC2)C[C@H](C)O1.Cl.Cl. The summed E-state index contributed by atoms with van der Waals surface area (Å²) in [6, 6.07) is 0. The quantitative estimate of drug-likeness (QED) is 0.836. The summed E-state index contributed by atoms with van der Waals surface area (Å²) in [5.74, 6) is 0. The van der Waals surface area contributed by atoms with Crippen LogP contribution in [0.15, 0.2) is 0 Å². The van der Waals surface area contributed by atoms with Crippen molar-refractivity contribution in [2.45, 2.75) is 26.1 Å². The minimum atomic E-state index is 0. The molecular weight excluding hydrogens is 273 g/mol. The summed E-state index contributed by atoms with van der Waals surface area (Å²) in [7, 11) is 0. The lowest BCUT2D eigenvalue weighted by molar-refractivity contribution is -0.0694. The van der Waals surface area contributed by atoms with E-state index in [1.165, 1.54) is 26.2 Å². The predicted octanol–water partition coefficient (Wildman–Crippen LogP) is 0.844. The van der Waals surface area contributed by atoms with E-state index in [2.05, 4.69) is 29.0 Å². The fourth-order valence-corrected chi connectivity index (χ4v) is 2.68. The maximum absolute atomic E-state index is 5.74. The molecule has 18 heavy (non-hydrogen) atoms. The van der Waals surface area contributed by atoms with E-state index in [0.29, 0.717) is 12.2 Å². The fraction of sp³-hybridized carbons (Fsp3) is 1.00. The lowest BCUT2D eigenvalue weighted by Gasteiger charge is -2.37. The smallest absolute Gasteiger partial charge is 0.0678 e. The van der Waals surface area contributed by atoms with Gasteiger partial charge in [-0.3, -0.25) is 9.80 Å². The normalized spacial score (nSPS) is 30.3. The number of nitrogens with one attached hydrogen (secondary N) is 1. The Bertz CT molecular complexity index is 205. The van der Waals surface area contributed by atoms with Gasteiger partial charge in [-0.1, -0.05) is 0 Å². The molecule has 0 amide bonds. The van der Waals surface area contributed by atoms with Crippen LogP contribution in [-0.4, -0.2) is 74.4 Å². The highest BCUT2D eigenvalue weighted by Crippen LogP contribution is 2.10. The van der Waals surface area contributed by atoms with E-state index in [1.54, 1.807) is 0 Å². The van der Waals surface area contributed by atoms with Gasteiger partial charge in [0.2, 0.25) is 0 Å². The molecule has 2 fully saturated rings. The Balaban J connectivity index is 0.00000144. The van der Waals surface area contributed by atoms with E-state index < -0.39 is 0 Å². The van der Waals surface area contributed by atoms with Crippen LogP contribution in [0.4, 0.5) is 0 Å². The second-order valence-electron chi connectivity index (χ2n) is 5.11. The Morgan fingerprint density at radius 1 is 0.944 bits per heavy atom. The molecule has 0 saturated carbocycles. The van der Waals surface area contributed by atoms with E-state index >= 15 is 0 Å². The van der Waals surface area contributed by atoms with Crippen molar-refractivity contribution in [3.63, 3.8) is 0 Å². The maximum atomic E-state index is 5.74. The average Bonchev–Trinajstić information content (AvgIpc) is 2.27. The average molecular weight is 300 g/mol. The Morgan fingerprint density at radius 2 is 1.44 bits per heavy atom. The number of rotatable bonds is 3. The molecule has 0 bridgehead atoms. The Kier molecular flexibility index (Phi) is 9.56. The summed E-state index contributed by atoms with van der Waals surface area (Å²) < 4.78 is 5.74. The van der Waals surface area contributed by atoms with Crippen LogP contribution in [-0.2, 0) is 4.74 Å². The van der Waals surface area contributed by atoms with Crippen LogP contribution in [0.2, 0.25) is 0 Å². The molecule has 0 aromatic heterocycles. The summed E-state index contributed by atoms with van der Waals surface area (Å²) in [5.41, 5.74) is 0. The fourth-order valence-electron chi connectivity index (χ4n) is 2.68. The van der Waals surface area contributed by atoms with Crippen molar-refractivity contribution in [2.24, 2.45) is 0 Å². The Labute approximate surface area is 123 Å². The highest BCUT2D eigenvalue weighted by molar-refractivity contribution is 5.85. The van der Waals surface area contributed by atoms with Crippen LogP contribution >= 0.6 is 24.8 Å². The largest absolute Gasteiger partial charge is 0.373 e. The molecule has 2 heterocycles. The van der Waals surface area contributed by atoms with Crippen LogP contribution in [0.5, 0.6) is 0 Å². The first-order chi connectivity index (χ1) is 7.74. The highest BCUT2D eigenvalue weighted by atomic mass is 35.5. The number of morpholine rings is 1. The standard InChI is InChI=1S/C12H25N3O.2ClH/c1-11-9-15(10-12(2)16-11)8-7-14-5-3-13-4-6-14;;/h11-13H,3-10H2,1-2H3;2*1H/t11-,12+;;. The molecule has 0 aromatic carbocycles. The first-order valence-electron chi connectivity index (χ1n) is 6.55. The van der Waals surface area contributed by atoms with Crippen molar-refractivity contribution in [3.8, 4) is 0 Å². The zero-order valence-electron chi connectivity index (χ0n) is 11.4. The third-order valence-corrected chi connectivity index (χ3v) is 3.44. The molecule has 1 N–H and O–H groups in total. The van der Waals surface area contributed by atoms with Gasteiger partial charge in [0.25, 0.3) is 0 Å². The van der Waals surface area contributed by atoms with Crippen LogP contribution in [0, 0.1) is 0 Å². The molecule has 0 unspecified atom stereocenters. The molecular formula is C12H27Cl2N3O. The van der Waals surface area contributed by atoms with E-state index in [4.69, 9.17) is 4.74 Å². The number of piperazine rings is 1. The van der Waals surface area contributed by atoms with Crippen molar-refractivity contribution >= 4 is 24.8 Å². The first kappa shape index (κ1) is 18.4. The number of nitrogens with zero attached hydrogens (tertiary/aromatic N) is 2. The van der Waals surface area contributed by atoms with Crippen molar-refractivity contribution in [3.05, 3.63) is 0 Å². The Morgan fingerprint density at radius 3 is 2.00 bits per heavy atom. The van der Waals surface area contributed by atoms with Gasteiger partial charge >= 0.3 is 0 Å². The zero-order chi connectivity index (χ0) is 11.4. The first-order valence-corrected chi connectivity index (χ1v) is 6.55. The summed E-state index contributed by atoms with van der Waals surface area (Å²) in [5, 5.41) is 3.39. The van der Waals surface area contributed by atoms with Gasteiger partial charge in [-0.15, -0.1) is 24.8 Å². The molecule has 4 nitrogen and oxygen atoms in total. The number of hydrogen-bond acceptors (Lipinski definition) is 4. The number of halogens is 2. The molecule has 0 spiro atoms. The lowest BCUT2D eigenvalue weighted by Crippen LogP contribution is -2.50. The van der Waals surface area contributed by atoms with Crippen LogP contribution in [0.3, 0.4) is 0 Å². The maximum Gasteiger partial charge on any atom is 0.0678 e. The van der Waals surface area contributed by atoms with Gasteiger partial charge in [0.05, 0.1) is 12.2 Å². The van der Waals surface area contributed by atoms with E-state index in [-0.39, 0.29) is 24.8 Å². The third kappa shape index (κ3) is 6.04. The van der Waals surface area contributed by atoms with Gasteiger partial charge < -0.3 is 10.1 Å². The molecule has 0 aromatic rings. The molecule has 0 aliphatic carbocycles. The van der Waals surface area contributed by atoms with Gasteiger partial charge in [-0.2, -0.15) is 0 Å². The zero-order valence-corrected chi connectivity index (χ0v) is 13.1. The highest BCUT2D eigenvalue weighted by Gasteiger charge is 2.22. The van der Waals surface area contributed by atoms with Crippen molar-refractivity contribution in [2.75, 3.05) is 52.4 Å². The topological polar surface area (TPSA) is 27.7 Å². The molecule has 2 aliphatic rings. The molecule has 2 rings (SSSR count). The summed E-state index contributed by atoms with van der Waals surface area (Å²) in [6.45, 7) is 13.6. The minimum Gasteiger partial charge on any atom is -0.373 e. The lowest BCUT2D eigenvalue weighted by atomic mass is 10.2. The molecule has 6 heteroatoms. The second kappa shape index (κ2) is 9.34. The molecule has 2 atom stereocenters. The van der Waals surface area contributed by atoms with Gasteiger partial charge in [-0.05, 0) is 13.8 Å². The monoisotopic (exact) mass is 299 g/mol. The summed E-state index contributed by atoms with van der Waals surface area (Å²) in [6.07, 6.45) is 0.790.